The van der Waals surface area contributed by atoms with Gasteiger partial charge in [0.05, 0.1) is 7.11 Å². The van der Waals surface area contributed by atoms with Gasteiger partial charge in [-0.2, -0.15) is 0 Å². The molecule has 0 amide bonds. The molecule has 0 N–H and O–H groups in total. The van der Waals surface area contributed by atoms with Crippen LogP contribution in [0.15, 0.2) is 70.8 Å². The zero-order valence-corrected chi connectivity index (χ0v) is 16.8. The van der Waals surface area contributed by atoms with Crippen molar-refractivity contribution in [3.05, 3.63) is 71.8 Å². The van der Waals surface area contributed by atoms with Crippen molar-refractivity contribution in [1.29, 1.82) is 0 Å². The van der Waals surface area contributed by atoms with Crippen molar-refractivity contribution in [2.75, 3.05) is 7.11 Å². The van der Waals surface area contributed by atoms with Gasteiger partial charge in [0, 0.05) is 22.7 Å². The number of hydrogen-bond acceptors (Lipinski definition) is 5. The molecule has 4 rings (SSSR count). The fourth-order valence-corrected chi connectivity index (χ4v) is 3.94. The van der Waals surface area contributed by atoms with Crippen LogP contribution < -0.4 is 4.74 Å². The Morgan fingerprint density at radius 1 is 1.21 bits per heavy atom. The second-order valence-electron chi connectivity index (χ2n) is 6.11. The summed E-state index contributed by atoms with van der Waals surface area (Å²) >= 11 is 7.57. The number of nitrogens with zero attached hydrogens (tertiary/aromatic N) is 3. The number of methoxy groups -OCH3 is 1. The predicted molar refractivity (Wildman–Crippen MR) is 113 cm³/mol. The van der Waals surface area contributed by atoms with Crippen LogP contribution in [-0.2, 0) is 12.3 Å². The van der Waals surface area contributed by atoms with Crippen LogP contribution in [0.25, 0.3) is 22.6 Å². The first-order valence-corrected chi connectivity index (χ1v) is 10.0. The SMILES string of the molecule is C=CCn1c(SCc2ccc(Cl)cc2)nnc1-c1cc2cccc(OC)c2o1. The van der Waals surface area contributed by atoms with Gasteiger partial charge in [0.25, 0.3) is 0 Å². The number of ether oxygens (including phenoxy) is 1. The Balaban J connectivity index is 1.66. The molecule has 0 saturated carbocycles. The molecule has 2 heterocycles. The highest BCUT2D eigenvalue weighted by Gasteiger charge is 2.18. The van der Waals surface area contributed by atoms with Gasteiger partial charge < -0.3 is 9.15 Å². The Hall–Kier alpha value is -2.70. The molecule has 28 heavy (non-hydrogen) atoms. The van der Waals surface area contributed by atoms with E-state index in [0.717, 1.165) is 26.9 Å². The molecule has 0 atom stereocenters. The molecular weight excluding hydrogens is 394 g/mol. The minimum atomic E-state index is 0.583. The second kappa shape index (κ2) is 8.12. The molecule has 0 aliphatic carbocycles. The minimum absolute atomic E-state index is 0.583. The third-order valence-corrected chi connectivity index (χ3v) is 5.55. The summed E-state index contributed by atoms with van der Waals surface area (Å²) in [6, 6.07) is 15.5. The number of para-hydroxylation sites is 1. The summed E-state index contributed by atoms with van der Waals surface area (Å²) in [6.45, 7) is 4.44. The van der Waals surface area contributed by atoms with Gasteiger partial charge in [0.15, 0.2) is 22.2 Å². The molecule has 5 nitrogen and oxygen atoms in total. The first kappa shape index (κ1) is 18.7. The lowest BCUT2D eigenvalue weighted by atomic mass is 10.2. The molecule has 0 aliphatic heterocycles. The average molecular weight is 412 g/mol. The molecule has 0 radical (unpaired) electrons. The van der Waals surface area contributed by atoms with Gasteiger partial charge in [-0.15, -0.1) is 16.8 Å². The maximum atomic E-state index is 6.05. The van der Waals surface area contributed by atoms with E-state index in [1.165, 1.54) is 0 Å². The van der Waals surface area contributed by atoms with E-state index in [1.807, 2.05) is 59.2 Å². The zero-order valence-electron chi connectivity index (χ0n) is 15.3. The summed E-state index contributed by atoms with van der Waals surface area (Å²) in [5, 5.41) is 11.2. The van der Waals surface area contributed by atoms with E-state index in [9.17, 15) is 0 Å². The Bertz CT molecular complexity index is 1120. The minimum Gasteiger partial charge on any atom is -0.493 e. The number of rotatable bonds is 7. The van der Waals surface area contributed by atoms with Gasteiger partial charge in [0.2, 0.25) is 5.82 Å². The number of hydrogen-bond donors (Lipinski definition) is 0. The molecule has 142 valence electrons. The fourth-order valence-electron chi connectivity index (χ4n) is 2.91. The number of halogens is 1. The van der Waals surface area contributed by atoms with Crippen LogP contribution in [0.1, 0.15) is 5.56 Å². The topological polar surface area (TPSA) is 53.1 Å². The normalized spacial score (nSPS) is 11.1. The van der Waals surface area contributed by atoms with Crippen LogP contribution in [0.2, 0.25) is 5.02 Å². The van der Waals surface area contributed by atoms with Gasteiger partial charge in [-0.1, -0.05) is 53.7 Å². The molecule has 2 aromatic heterocycles. The highest BCUT2D eigenvalue weighted by atomic mass is 35.5. The number of allylic oxidation sites excluding steroid dienone is 1. The van der Waals surface area contributed by atoms with Gasteiger partial charge in [-0.3, -0.25) is 4.57 Å². The number of fused-ring (bicyclic) bond motifs is 1. The summed E-state index contributed by atoms with van der Waals surface area (Å²) in [7, 11) is 1.63. The van der Waals surface area contributed by atoms with Crippen LogP contribution in [0.5, 0.6) is 5.75 Å². The monoisotopic (exact) mass is 411 g/mol. The molecular formula is C21H18ClN3O2S. The first-order chi connectivity index (χ1) is 13.7. The lowest BCUT2D eigenvalue weighted by molar-refractivity contribution is 0.410. The van der Waals surface area contributed by atoms with Crippen LogP contribution in [0, 0.1) is 0 Å². The molecule has 0 aliphatic rings. The van der Waals surface area contributed by atoms with Crippen molar-refractivity contribution in [2.45, 2.75) is 17.5 Å². The van der Waals surface area contributed by atoms with Crippen molar-refractivity contribution in [2.24, 2.45) is 0 Å². The Morgan fingerprint density at radius 2 is 2.04 bits per heavy atom. The van der Waals surface area contributed by atoms with E-state index in [0.29, 0.717) is 29.5 Å². The summed E-state index contributed by atoms with van der Waals surface area (Å²) in [5.74, 6) is 2.76. The largest absolute Gasteiger partial charge is 0.493 e. The average Bonchev–Trinajstić information content (AvgIpc) is 3.31. The number of thioether (sulfide) groups is 1. The van der Waals surface area contributed by atoms with Crippen molar-refractivity contribution >= 4 is 34.3 Å². The Labute approximate surface area is 172 Å². The van der Waals surface area contributed by atoms with E-state index in [-0.39, 0.29) is 0 Å². The van der Waals surface area contributed by atoms with Gasteiger partial charge in [-0.25, -0.2) is 0 Å². The van der Waals surface area contributed by atoms with Crippen LogP contribution in [0.4, 0.5) is 0 Å². The Kier molecular flexibility index (Phi) is 5.41. The molecule has 4 aromatic rings. The number of benzene rings is 2. The molecule has 0 unspecified atom stereocenters. The molecule has 7 heteroatoms. The smallest absolute Gasteiger partial charge is 0.200 e. The van der Waals surface area contributed by atoms with E-state index < -0.39 is 0 Å². The number of furan rings is 1. The molecule has 2 aromatic carbocycles. The van der Waals surface area contributed by atoms with Crippen LogP contribution in [-0.4, -0.2) is 21.9 Å². The quantitative estimate of drug-likeness (QED) is 0.283. The summed E-state index contributed by atoms with van der Waals surface area (Å²) in [6.07, 6.45) is 1.82. The zero-order chi connectivity index (χ0) is 19.5. The van der Waals surface area contributed by atoms with Gasteiger partial charge >= 0.3 is 0 Å². The van der Waals surface area contributed by atoms with E-state index in [2.05, 4.69) is 16.8 Å². The third-order valence-electron chi connectivity index (χ3n) is 4.26. The lowest BCUT2D eigenvalue weighted by Gasteiger charge is -2.06. The summed E-state index contributed by atoms with van der Waals surface area (Å²) in [5.41, 5.74) is 1.86. The Morgan fingerprint density at radius 3 is 2.79 bits per heavy atom. The van der Waals surface area contributed by atoms with Crippen LogP contribution >= 0.6 is 23.4 Å². The predicted octanol–water partition coefficient (Wildman–Crippen LogP) is 5.83. The highest BCUT2D eigenvalue weighted by Crippen LogP contribution is 2.34. The maximum absolute atomic E-state index is 6.05. The van der Waals surface area contributed by atoms with Crippen molar-refractivity contribution in [3.8, 4) is 17.3 Å². The van der Waals surface area contributed by atoms with Crippen LogP contribution in [0.3, 0.4) is 0 Å². The van der Waals surface area contributed by atoms with E-state index in [4.69, 9.17) is 20.8 Å². The lowest BCUT2D eigenvalue weighted by Crippen LogP contribution is -2.00. The van der Waals surface area contributed by atoms with Gasteiger partial charge in [-0.05, 0) is 29.8 Å². The molecule has 0 fully saturated rings. The fraction of sp³-hybridized carbons (Fsp3) is 0.143. The van der Waals surface area contributed by atoms with E-state index in [1.54, 1.807) is 18.9 Å². The van der Waals surface area contributed by atoms with E-state index >= 15 is 0 Å². The molecule has 0 bridgehead atoms. The third kappa shape index (κ3) is 3.66. The number of aromatic nitrogens is 3. The summed E-state index contributed by atoms with van der Waals surface area (Å²) < 4.78 is 13.4. The van der Waals surface area contributed by atoms with Crippen molar-refractivity contribution < 1.29 is 9.15 Å². The summed E-state index contributed by atoms with van der Waals surface area (Å²) in [4.78, 5) is 0. The second-order valence-corrected chi connectivity index (χ2v) is 7.49. The molecule has 0 saturated heterocycles. The molecule has 0 spiro atoms. The maximum Gasteiger partial charge on any atom is 0.200 e. The highest BCUT2D eigenvalue weighted by molar-refractivity contribution is 7.98. The van der Waals surface area contributed by atoms with Crippen molar-refractivity contribution in [3.63, 3.8) is 0 Å². The standard InChI is InChI=1S/C21H18ClN3O2S/c1-3-11-25-20(18-12-15-5-4-6-17(26-2)19(15)27-18)23-24-21(25)28-13-14-7-9-16(22)10-8-14/h3-10,12H,1,11,13H2,2H3. The first-order valence-electron chi connectivity index (χ1n) is 8.68. The van der Waals surface area contributed by atoms with Gasteiger partial charge in [0.1, 0.15) is 0 Å². The van der Waals surface area contributed by atoms with Crippen molar-refractivity contribution in [1.82, 2.24) is 14.8 Å².